The summed E-state index contributed by atoms with van der Waals surface area (Å²) in [4.78, 5) is 0. The highest BCUT2D eigenvalue weighted by Gasteiger charge is 2.33. The smallest absolute Gasteiger partial charge is 0.211 e. The minimum atomic E-state index is -3.29. The lowest BCUT2D eigenvalue weighted by Gasteiger charge is -2.17. The van der Waals surface area contributed by atoms with E-state index in [9.17, 15) is 13.5 Å². The van der Waals surface area contributed by atoms with Crippen LogP contribution in [0.15, 0.2) is 24.3 Å². The molecule has 0 aromatic heterocycles. The molecule has 5 heteroatoms. The Kier molecular flexibility index (Phi) is 3.01. The van der Waals surface area contributed by atoms with E-state index in [1.807, 2.05) is 24.3 Å². The molecule has 0 heterocycles. The second-order valence-electron chi connectivity index (χ2n) is 3.97. The Balaban J connectivity index is 2.30. The second kappa shape index (κ2) is 4.16. The molecule has 0 aliphatic heterocycles. The summed E-state index contributed by atoms with van der Waals surface area (Å²) in [6.45, 7) is 1.58. The van der Waals surface area contributed by atoms with Crippen LogP contribution in [0.25, 0.3) is 0 Å². The molecular weight excluding hydrogens is 226 g/mol. The molecule has 16 heavy (non-hydrogen) atoms. The molecule has 0 saturated carbocycles. The van der Waals surface area contributed by atoms with E-state index < -0.39 is 22.2 Å². The Morgan fingerprint density at radius 2 is 2.12 bits per heavy atom. The van der Waals surface area contributed by atoms with E-state index in [2.05, 4.69) is 4.72 Å². The molecule has 0 amide bonds. The van der Waals surface area contributed by atoms with Crippen LogP contribution in [-0.2, 0) is 16.4 Å². The molecule has 1 aromatic carbocycles. The van der Waals surface area contributed by atoms with Crippen molar-refractivity contribution in [3.8, 4) is 0 Å². The van der Waals surface area contributed by atoms with Crippen LogP contribution in [0, 0.1) is 0 Å². The van der Waals surface area contributed by atoms with Crippen molar-refractivity contribution in [2.24, 2.45) is 0 Å². The number of rotatable bonds is 3. The SMILES string of the molecule is CCS(=O)(=O)N[C@@H]1c2ccccc2C[C@@H]1O. The first-order chi connectivity index (χ1) is 7.53. The summed E-state index contributed by atoms with van der Waals surface area (Å²) in [6.07, 6.45) is -0.161. The predicted octanol–water partition coefficient (Wildman–Crippen LogP) is 0.584. The van der Waals surface area contributed by atoms with Gasteiger partial charge in [0.1, 0.15) is 0 Å². The Labute approximate surface area is 95.4 Å². The van der Waals surface area contributed by atoms with E-state index in [4.69, 9.17) is 0 Å². The van der Waals surface area contributed by atoms with Gasteiger partial charge in [-0.15, -0.1) is 0 Å². The summed E-state index contributed by atoms with van der Waals surface area (Å²) in [5.41, 5.74) is 1.89. The van der Waals surface area contributed by atoms with Gasteiger partial charge in [0.15, 0.2) is 0 Å². The fourth-order valence-corrected chi connectivity index (χ4v) is 2.83. The third-order valence-electron chi connectivity index (χ3n) is 2.89. The summed E-state index contributed by atoms with van der Waals surface area (Å²) >= 11 is 0. The number of hydrogen-bond acceptors (Lipinski definition) is 3. The van der Waals surface area contributed by atoms with Gasteiger partial charge >= 0.3 is 0 Å². The number of aliphatic hydroxyl groups excluding tert-OH is 1. The van der Waals surface area contributed by atoms with Gasteiger partial charge in [0.2, 0.25) is 10.0 Å². The van der Waals surface area contributed by atoms with E-state index in [0.717, 1.165) is 11.1 Å². The monoisotopic (exact) mass is 241 g/mol. The quantitative estimate of drug-likeness (QED) is 0.813. The zero-order valence-corrected chi connectivity index (χ0v) is 9.87. The Morgan fingerprint density at radius 1 is 1.44 bits per heavy atom. The number of nitrogens with one attached hydrogen (secondary N) is 1. The van der Waals surface area contributed by atoms with Gasteiger partial charge in [0.05, 0.1) is 17.9 Å². The van der Waals surface area contributed by atoms with Crippen molar-refractivity contribution >= 4 is 10.0 Å². The molecule has 0 fully saturated rings. The molecule has 1 aliphatic carbocycles. The van der Waals surface area contributed by atoms with Crippen molar-refractivity contribution in [2.45, 2.75) is 25.5 Å². The topological polar surface area (TPSA) is 66.4 Å². The zero-order valence-electron chi connectivity index (χ0n) is 9.05. The van der Waals surface area contributed by atoms with Gasteiger partial charge in [-0.1, -0.05) is 24.3 Å². The van der Waals surface area contributed by atoms with Gasteiger partial charge in [0.25, 0.3) is 0 Å². The van der Waals surface area contributed by atoms with Gasteiger partial charge in [-0.2, -0.15) is 0 Å². The molecule has 1 aliphatic rings. The number of sulfonamides is 1. The van der Waals surface area contributed by atoms with Crippen LogP contribution in [0.1, 0.15) is 24.1 Å². The fraction of sp³-hybridized carbons (Fsp3) is 0.455. The van der Waals surface area contributed by atoms with Crippen molar-refractivity contribution in [3.63, 3.8) is 0 Å². The molecule has 0 saturated heterocycles. The molecule has 2 atom stereocenters. The van der Waals surface area contributed by atoms with E-state index in [0.29, 0.717) is 6.42 Å². The Hall–Kier alpha value is -0.910. The lowest BCUT2D eigenvalue weighted by Crippen LogP contribution is -2.34. The lowest BCUT2D eigenvalue weighted by molar-refractivity contribution is 0.151. The van der Waals surface area contributed by atoms with Gasteiger partial charge < -0.3 is 5.11 Å². The zero-order chi connectivity index (χ0) is 11.8. The highest BCUT2D eigenvalue weighted by atomic mass is 32.2. The maximum atomic E-state index is 11.5. The van der Waals surface area contributed by atoms with Crippen LogP contribution in [0.5, 0.6) is 0 Å². The Morgan fingerprint density at radius 3 is 2.81 bits per heavy atom. The predicted molar refractivity (Wildman–Crippen MR) is 61.5 cm³/mol. The van der Waals surface area contributed by atoms with Gasteiger partial charge in [-0.3, -0.25) is 0 Å². The summed E-state index contributed by atoms with van der Waals surface area (Å²) in [5.74, 6) is 0.0262. The van der Waals surface area contributed by atoms with Crippen molar-refractivity contribution in [1.29, 1.82) is 0 Å². The highest BCUT2D eigenvalue weighted by Crippen LogP contribution is 2.31. The third kappa shape index (κ3) is 2.11. The van der Waals surface area contributed by atoms with Crippen molar-refractivity contribution in [2.75, 3.05) is 5.75 Å². The van der Waals surface area contributed by atoms with Crippen LogP contribution in [0.3, 0.4) is 0 Å². The van der Waals surface area contributed by atoms with E-state index in [1.54, 1.807) is 6.92 Å². The summed E-state index contributed by atoms with van der Waals surface area (Å²) < 4.78 is 25.5. The molecule has 0 spiro atoms. The first-order valence-electron chi connectivity index (χ1n) is 5.29. The Bertz CT molecular complexity index is 484. The largest absolute Gasteiger partial charge is 0.391 e. The van der Waals surface area contributed by atoms with Crippen molar-refractivity contribution < 1.29 is 13.5 Å². The standard InChI is InChI=1S/C11H15NO3S/c1-2-16(14,15)12-11-9-6-4-3-5-8(9)7-10(11)13/h3-6,10-13H,2,7H2,1H3/t10-,11+/m0/s1. The first-order valence-corrected chi connectivity index (χ1v) is 6.94. The highest BCUT2D eigenvalue weighted by molar-refractivity contribution is 7.89. The molecule has 0 bridgehead atoms. The third-order valence-corrected chi connectivity index (χ3v) is 4.26. The van der Waals surface area contributed by atoms with Crippen LogP contribution >= 0.6 is 0 Å². The van der Waals surface area contributed by atoms with E-state index in [1.165, 1.54) is 0 Å². The molecule has 2 N–H and O–H groups in total. The molecule has 0 radical (unpaired) electrons. The molecule has 0 unspecified atom stereocenters. The molecule has 2 rings (SSSR count). The average Bonchev–Trinajstić information content (AvgIpc) is 2.56. The van der Waals surface area contributed by atoms with Crippen LogP contribution in [0.4, 0.5) is 0 Å². The minimum Gasteiger partial charge on any atom is -0.391 e. The van der Waals surface area contributed by atoms with Crippen molar-refractivity contribution in [3.05, 3.63) is 35.4 Å². The molecule has 1 aromatic rings. The number of aliphatic hydroxyl groups is 1. The maximum absolute atomic E-state index is 11.5. The first kappa shape index (κ1) is 11.6. The van der Waals surface area contributed by atoms with Gasteiger partial charge in [-0.25, -0.2) is 13.1 Å². The number of hydrogen-bond donors (Lipinski definition) is 2. The van der Waals surface area contributed by atoms with Crippen LogP contribution in [-0.4, -0.2) is 25.4 Å². The van der Waals surface area contributed by atoms with E-state index >= 15 is 0 Å². The normalized spacial score (nSPS) is 24.4. The maximum Gasteiger partial charge on any atom is 0.211 e. The van der Waals surface area contributed by atoms with Crippen molar-refractivity contribution in [1.82, 2.24) is 4.72 Å². The average molecular weight is 241 g/mol. The number of benzene rings is 1. The van der Waals surface area contributed by atoms with Gasteiger partial charge in [0, 0.05) is 6.42 Å². The second-order valence-corrected chi connectivity index (χ2v) is 6.01. The molecule has 88 valence electrons. The summed E-state index contributed by atoms with van der Waals surface area (Å²) in [6, 6.07) is 7.01. The summed E-state index contributed by atoms with van der Waals surface area (Å²) in [5, 5.41) is 9.84. The molecular formula is C11H15NO3S. The summed E-state index contributed by atoms with van der Waals surface area (Å²) in [7, 11) is -3.29. The number of fused-ring (bicyclic) bond motifs is 1. The van der Waals surface area contributed by atoms with Crippen LogP contribution in [0.2, 0.25) is 0 Å². The van der Waals surface area contributed by atoms with E-state index in [-0.39, 0.29) is 5.75 Å². The fourth-order valence-electron chi connectivity index (χ4n) is 1.99. The molecule has 4 nitrogen and oxygen atoms in total. The van der Waals surface area contributed by atoms with Gasteiger partial charge in [-0.05, 0) is 18.1 Å². The van der Waals surface area contributed by atoms with Crippen LogP contribution < -0.4 is 4.72 Å². The minimum absolute atomic E-state index is 0.0262. The lowest BCUT2D eigenvalue weighted by atomic mass is 10.1.